The third-order valence-electron chi connectivity index (χ3n) is 5.43. The van der Waals surface area contributed by atoms with Crippen molar-refractivity contribution in [1.29, 1.82) is 0 Å². The molecule has 4 rings (SSSR count). The molecule has 0 bridgehead atoms. The van der Waals surface area contributed by atoms with Crippen LogP contribution in [0.4, 0.5) is 0 Å². The molecule has 1 amide bonds. The van der Waals surface area contributed by atoms with Gasteiger partial charge in [0.05, 0.1) is 11.7 Å². The summed E-state index contributed by atoms with van der Waals surface area (Å²) >= 11 is 1.76. The first kappa shape index (κ1) is 18.9. The molecule has 1 unspecified atom stereocenters. The van der Waals surface area contributed by atoms with Crippen LogP contribution in [0.5, 0.6) is 0 Å². The first-order valence-electron chi connectivity index (χ1n) is 9.87. The maximum atomic E-state index is 12.7. The predicted molar refractivity (Wildman–Crippen MR) is 113 cm³/mol. The van der Waals surface area contributed by atoms with E-state index < -0.39 is 0 Å². The Hall–Kier alpha value is -2.44. The lowest BCUT2D eigenvalue weighted by atomic mass is 9.97. The molecule has 0 aliphatic carbocycles. The average molecular weight is 395 g/mol. The Kier molecular flexibility index (Phi) is 5.88. The summed E-state index contributed by atoms with van der Waals surface area (Å²) in [6.07, 6.45) is 4.27. The molecule has 1 atom stereocenters. The zero-order valence-corrected chi connectivity index (χ0v) is 16.9. The van der Waals surface area contributed by atoms with Crippen molar-refractivity contribution in [2.45, 2.75) is 25.8 Å². The number of nitrogens with one attached hydrogen (secondary N) is 1. The molecule has 1 aliphatic rings. The third-order valence-corrected chi connectivity index (χ3v) is 6.40. The van der Waals surface area contributed by atoms with Crippen molar-refractivity contribution in [3.05, 3.63) is 70.7 Å². The van der Waals surface area contributed by atoms with Gasteiger partial charge in [0.2, 0.25) is 0 Å². The van der Waals surface area contributed by atoms with Gasteiger partial charge in [0.1, 0.15) is 0 Å². The van der Waals surface area contributed by atoms with Crippen LogP contribution in [0.3, 0.4) is 0 Å². The lowest BCUT2D eigenvalue weighted by Gasteiger charge is -2.36. The van der Waals surface area contributed by atoms with E-state index in [1.807, 2.05) is 36.5 Å². The highest BCUT2D eigenvalue weighted by Crippen LogP contribution is 2.29. The first-order chi connectivity index (χ1) is 13.7. The van der Waals surface area contributed by atoms with Gasteiger partial charge in [-0.3, -0.25) is 9.69 Å². The summed E-state index contributed by atoms with van der Waals surface area (Å²) in [6, 6.07) is 16.1. The fourth-order valence-electron chi connectivity index (χ4n) is 3.68. The number of piperidine rings is 1. The van der Waals surface area contributed by atoms with Crippen LogP contribution in [0.25, 0.3) is 5.69 Å². The largest absolute Gasteiger partial charge is 0.349 e. The number of hydrogen-bond donors (Lipinski definition) is 1. The van der Waals surface area contributed by atoms with Crippen LogP contribution in [0.1, 0.15) is 41.2 Å². The molecule has 1 fully saturated rings. The highest BCUT2D eigenvalue weighted by Gasteiger charge is 2.26. The number of thiophene rings is 1. The summed E-state index contributed by atoms with van der Waals surface area (Å²) in [4.78, 5) is 16.5. The van der Waals surface area contributed by atoms with Crippen molar-refractivity contribution in [3.63, 3.8) is 0 Å². The van der Waals surface area contributed by atoms with Gasteiger partial charge in [0.25, 0.3) is 5.91 Å². The van der Waals surface area contributed by atoms with Crippen LogP contribution in [0, 0.1) is 5.92 Å². The topological polar surface area (TPSA) is 50.2 Å². The average Bonchev–Trinajstić information content (AvgIpc) is 3.42. The number of nitrogens with zero attached hydrogens (tertiary/aromatic N) is 3. The minimum absolute atomic E-state index is 0.124. The van der Waals surface area contributed by atoms with E-state index in [0.29, 0.717) is 12.2 Å². The molecule has 0 spiro atoms. The van der Waals surface area contributed by atoms with Gasteiger partial charge in [-0.2, -0.15) is 5.10 Å². The van der Waals surface area contributed by atoms with Crippen molar-refractivity contribution in [3.8, 4) is 5.69 Å². The third kappa shape index (κ3) is 4.34. The number of hydrogen-bond acceptors (Lipinski definition) is 4. The molecule has 28 heavy (non-hydrogen) atoms. The molecule has 3 aromatic rings. The Morgan fingerprint density at radius 3 is 2.68 bits per heavy atom. The van der Waals surface area contributed by atoms with E-state index >= 15 is 0 Å². The highest BCUT2D eigenvalue weighted by molar-refractivity contribution is 7.10. The molecule has 146 valence electrons. The van der Waals surface area contributed by atoms with E-state index in [9.17, 15) is 4.79 Å². The van der Waals surface area contributed by atoms with Crippen LogP contribution >= 0.6 is 11.3 Å². The van der Waals surface area contributed by atoms with Crippen LogP contribution in [0.15, 0.2) is 60.1 Å². The molecule has 2 aromatic heterocycles. The molecule has 1 aromatic carbocycles. The maximum Gasteiger partial charge on any atom is 0.271 e. The molecule has 1 N–H and O–H groups in total. The molecule has 0 radical (unpaired) electrons. The standard InChI is InChI=1S/C22H26N4OS/c1-17-9-12-25(13-10-17)20(21-8-5-15-28-21)16-23-22(27)19-11-14-26(24-19)18-6-3-2-4-7-18/h2-8,11,14-15,17,20H,9-10,12-13,16H2,1H3,(H,23,27). The Labute approximate surface area is 170 Å². The van der Waals surface area contributed by atoms with E-state index in [4.69, 9.17) is 0 Å². The van der Waals surface area contributed by atoms with Crippen LogP contribution in [0.2, 0.25) is 0 Å². The zero-order valence-electron chi connectivity index (χ0n) is 16.1. The fourth-order valence-corrected chi connectivity index (χ4v) is 4.54. The van der Waals surface area contributed by atoms with Crippen molar-refractivity contribution >= 4 is 17.2 Å². The normalized spacial score (nSPS) is 16.8. The van der Waals surface area contributed by atoms with Gasteiger partial charge in [0, 0.05) is 17.6 Å². The van der Waals surface area contributed by atoms with Crippen molar-refractivity contribution in [1.82, 2.24) is 20.0 Å². The van der Waals surface area contributed by atoms with Crippen molar-refractivity contribution in [2.24, 2.45) is 5.92 Å². The molecule has 5 nitrogen and oxygen atoms in total. The predicted octanol–water partition coefficient (Wildman–Crippen LogP) is 4.14. The fraction of sp³-hybridized carbons (Fsp3) is 0.364. The number of benzene rings is 1. The number of likely N-dealkylation sites (tertiary alicyclic amines) is 1. The number of amides is 1. The number of para-hydroxylation sites is 1. The Morgan fingerprint density at radius 2 is 1.96 bits per heavy atom. The number of rotatable bonds is 6. The van der Waals surface area contributed by atoms with E-state index in [2.05, 4.69) is 39.8 Å². The molecule has 0 saturated carbocycles. The Bertz CT molecular complexity index is 882. The van der Waals surface area contributed by atoms with Crippen LogP contribution in [-0.4, -0.2) is 40.2 Å². The van der Waals surface area contributed by atoms with Crippen LogP contribution < -0.4 is 5.32 Å². The molecule has 1 saturated heterocycles. The molecule has 3 heterocycles. The van der Waals surface area contributed by atoms with Gasteiger partial charge in [-0.05, 0) is 61.5 Å². The smallest absolute Gasteiger partial charge is 0.271 e. The van der Waals surface area contributed by atoms with E-state index in [0.717, 1.165) is 24.7 Å². The Balaban J connectivity index is 1.42. The van der Waals surface area contributed by atoms with Gasteiger partial charge in [-0.25, -0.2) is 4.68 Å². The van der Waals surface area contributed by atoms with Gasteiger partial charge >= 0.3 is 0 Å². The summed E-state index contributed by atoms with van der Waals surface area (Å²) in [5.74, 6) is 0.665. The molecular formula is C22H26N4OS. The summed E-state index contributed by atoms with van der Waals surface area (Å²) in [6.45, 7) is 5.10. The summed E-state index contributed by atoms with van der Waals surface area (Å²) in [5, 5.41) is 9.66. The Morgan fingerprint density at radius 1 is 1.18 bits per heavy atom. The quantitative estimate of drug-likeness (QED) is 0.684. The van der Waals surface area contributed by atoms with Crippen molar-refractivity contribution in [2.75, 3.05) is 19.6 Å². The lowest BCUT2D eigenvalue weighted by molar-refractivity contribution is 0.0909. The summed E-state index contributed by atoms with van der Waals surface area (Å²) in [7, 11) is 0. The first-order valence-corrected chi connectivity index (χ1v) is 10.8. The minimum Gasteiger partial charge on any atom is -0.349 e. The number of aromatic nitrogens is 2. The highest BCUT2D eigenvalue weighted by atomic mass is 32.1. The van der Waals surface area contributed by atoms with Crippen LogP contribution in [-0.2, 0) is 0 Å². The van der Waals surface area contributed by atoms with Gasteiger partial charge in [-0.1, -0.05) is 31.2 Å². The number of carbonyl (C=O) groups excluding carboxylic acids is 1. The maximum absolute atomic E-state index is 12.7. The molecule has 6 heteroatoms. The number of carbonyl (C=O) groups is 1. The minimum atomic E-state index is -0.124. The SMILES string of the molecule is CC1CCN(C(CNC(=O)c2ccn(-c3ccccc3)n2)c2cccs2)CC1. The second-order valence-electron chi connectivity index (χ2n) is 7.44. The van der Waals surface area contributed by atoms with E-state index in [-0.39, 0.29) is 11.9 Å². The summed E-state index contributed by atoms with van der Waals surface area (Å²) < 4.78 is 1.73. The van der Waals surface area contributed by atoms with Gasteiger partial charge < -0.3 is 5.32 Å². The monoisotopic (exact) mass is 394 g/mol. The van der Waals surface area contributed by atoms with E-state index in [1.54, 1.807) is 22.1 Å². The lowest BCUT2D eigenvalue weighted by Crippen LogP contribution is -2.41. The van der Waals surface area contributed by atoms with E-state index in [1.165, 1.54) is 17.7 Å². The summed E-state index contributed by atoms with van der Waals surface area (Å²) in [5.41, 5.74) is 1.39. The zero-order chi connectivity index (χ0) is 19.3. The molecular weight excluding hydrogens is 368 g/mol. The van der Waals surface area contributed by atoms with Gasteiger partial charge in [-0.15, -0.1) is 11.3 Å². The van der Waals surface area contributed by atoms with Gasteiger partial charge in [0.15, 0.2) is 5.69 Å². The second kappa shape index (κ2) is 8.71. The van der Waals surface area contributed by atoms with Crippen molar-refractivity contribution < 1.29 is 4.79 Å². The second-order valence-corrected chi connectivity index (χ2v) is 8.42. The molecule has 1 aliphatic heterocycles.